The summed E-state index contributed by atoms with van der Waals surface area (Å²) in [6, 6.07) is 0. The van der Waals surface area contributed by atoms with Crippen LogP contribution in [0.4, 0.5) is 0 Å². The molecule has 81 heavy (non-hydrogen) atoms. The highest BCUT2D eigenvalue weighted by atomic mass is 16.6. The van der Waals surface area contributed by atoms with Crippen LogP contribution in [0.25, 0.3) is 0 Å². The monoisotopic (exact) mass is 1110 g/mol. The first kappa shape index (κ1) is 75.2. The Balaban J connectivity index is 4.51. The molecule has 0 bridgehead atoms. The molecule has 6 nitrogen and oxygen atoms in total. The van der Waals surface area contributed by atoms with Crippen molar-refractivity contribution >= 4 is 17.9 Å². The minimum Gasteiger partial charge on any atom is -0.462 e. The summed E-state index contributed by atoms with van der Waals surface area (Å²) in [6.45, 7) is 6.18. The normalized spacial score (nSPS) is 13.5. The van der Waals surface area contributed by atoms with Crippen LogP contribution in [0, 0.1) is 0 Å². The maximum atomic E-state index is 12.9. The van der Waals surface area contributed by atoms with Gasteiger partial charge in [-0.2, -0.15) is 0 Å². The van der Waals surface area contributed by atoms with Crippen LogP contribution in [0.5, 0.6) is 0 Å². The number of esters is 3. The molecule has 0 aromatic heterocycles. The smallest absolute Gasteiger partial charge is 0.306 e. The molecule has 0 aliphatic heterocycles. The molecule has 0 radical (unpaired) electrons. The molecule has 0 aromatic rings. The highest BCUT2D eigenvalue weighted by molar-refractivity contribution is 5.71. The first-order chi connectivity index (χ1) is 40.0. The predicted octanol–water partition coefficient (Wildman–Crippen LogP) is 22.2. The first-order valence-electron chi connectivity index (χ1n) is 31.9. The second-order valence-corrected chi connectivity index (χ2v) is 20.2. The largest absolute Gasteiger partial charge is 0.462 e. The third kappa shape index (κ3) is 64.9. The lowest BCUT2D eigenvalue weighted by Crippen LogP contribution is -2.30. The van der Waals surface area contributed by atoms with E-state index in [1.165, 1.54) is 44.9 Å². The van der Waals surface area contributed by atoms with Gasteiger partial charge in [-0.25, -0.2) is 0 Å². The molecule has 0 saturated heterocycles. The standard InChI is InChI=1S/C75H114O6/c1-4-7-10-13-16-19-22-25-27-29-31-33-35-36-37-38-40-41-43-45-47-50-53-56-59-62-65-68-74(77)80-71-72(70-79-73(76)67-64-61-58-55-52-49-24-21-18-15-12-9-6-3)81-75(78)69-66-63-60-57-54-51-48-46-44-42-39-34-32-30-28-26-23-20-17-14-11-8-5-2/h7-12,16-21,25-28,31-34,36-37,40-41,45,47,49,52-53,56,58,61,72H,4-6,13-15,22-24,29-30,35,38-39,42-44,46,48,50-51,54-55,57,59-60,62-71H2,1-3H3/b10-7-,11-8-,12-9-,19-16-,20-17-,21-18-,27-25-,28-26-,33-31-,34-32-,37-36-,41-40-,47-45-,52-49-,56-53-,61-58-. The van der Waals surface area contributed by atoms with Gasteiger partial charge in [-0.05, 0) is 148 Å². The Hall–Kier alpha value is -5.75. The van der Waals surface area contributed by atoms with Gasteiger partial charge in [0, 0.05) is 19.3 Å². The summed E-state index contributed by atoms with van der Waals surface area (Å²) >= 11 is 0. The second kappa shape index (κ2) is 66.8. The van der Waals surface area contributed by atoms with Crippen molar-refractivity contribution in [3.63, 3.8) is 0 Å². The molecule has 0 fully saturated rings. The van der Waals surface area contributed by atoms with E-state index in [-0.39, 0.29) is 50.4 Å². The van der Waals surface area contributed by atoms with E-state index in [0.717, 1.165) is 141 Å². The van der Waals surface area contributed by atoms with Crippen molar-refractivity contribution in [3.05, 3.63) is 194 Å². The number of allylic oxidation sites excluding steroid dienone is 32. The van der Waals surface area contributed by atoms with Gasteiger partial charge >= 0.3 is 17.9 Å². The molecule has 0 aliphatic carbocycles. The zero-order valence-corrected chi connectivity index (χ0v) is 51.5. The molecule has 0 N–H and O–H groups in total. The predicted molar refractivity (Wildman–Crippen MR) is 352 cm³/mol. The summed E-state index contributed by atoms with van der Waals surface area (Å²) in [6.07, 6.45) is 102. The van der Waals surface area contributed by atoms with Crippen molar-refractivity contribution in [1.29, 1.82) is 0 Å². The van der Waals surface area contributed by atoms with Crippen LogP contribution >= 0.6 is 0 Å². The van der Waals surface area contributed by atoms with E-state index < -0.39 is 6.10 Å². The van der Waals surface area contributed by atoms with E-state index >= 15 is 0 Å². The molecule has 0 rings (SSSR count). The summed E-state index contributed by atoms with van der Waals surface area (Å²) < 4.78 is 16.8. The zero-order valence-electron chi connectivity index (χ0n) is 51.5. The van der Waals surface area contributed by atoms with Crippen LogP contribution < -0.4 is 0 Å². The van der Waals surface area contributed by atoms with Crippen molar-refractivity contribution in [2.45, 2.75) is 245 Å². The number of hydrogen-bond acceptors (Lipinski definition) is 6. The summed E-state index contributed by atoms with van der Waals surface area (Å²) in [4.78, 5) is 38.3. The Morgan fingerprint density at radius 2 is 0.469 bits per heavy atom. The van der Waals surface area contributed by atoms with Gasteiger partial charge in [0.2, 0.25) is 0 Å². The summed E-state index contributed by atoms with van der Waals surface area (Å²) in [5.74, 6) is -1.07. The lowest BCUT2D eigenvalue weighted by atomic mass is 10.0. The van der Waals surface area contributed by atoms with Crippen molar-refractivity contribution in [3.8, 4) is 0 Å². The number of rotatable bonds is 55. The number of hydrogen-bond donors (Lipinski definition) is 0. The summed E-state index contributed by atoms with van der Waals surface area (Å²) in [5, 5.41) is 0. The lowest BCUT2D eigenvalue weighted by Gasteiger charge is -2.18. The van der Waals surface area contributed by atoms with E-state index in [1.807, 2.05) is 12.2 Å². The van der Waals surface area contributed by atoms with Gasteiger partial charge in [0.1, 0.15) is 13.2 Å². The molecule has 0 spiro atoms. The third-order valence-electron chi connectivity index (χ3n) is 12.6. The third-order valence-corrected chi connectivity index (χ3v) is 12.6. The molecule has 1 unspecified atom stereocenters. The van der Waals surface area contributed by atoms with Crippen LogP contribution in [0.3, 0.4) is 0 Å². The van der Waals surface area contributed by atoms with Crippen LogP contribution in [-0.2, 0) is 28.6 Å². The second-order valence-electron chi connectivity index (χ2n) is 20.2. The maximum absolute atomic E-state index is 12.9. The van der Waals surface area contributed by atoms with Gasteiger partial charge in [0.15, 0.2) is 6.10 Å². The van der Waals surface area contributed by atoms with Crippen LogP contribution in [-0.4, -0.2) is 37.2 Å². The van der Waals surface area contributed by atoms with E-state index in [4.69, 9.17) is 14.2 Å². The minimum atomic E-state index is -0.841. The zero-order chi connectivity index (χ0) is 58.5. The summed E-state index contributed by atoms with van der Waals surface area (Å²) in [7, 11) is 0. The molecule has 6 heteroatoms. The maximum Gasteiger partial charge on any atom is 0.306 e. The van der Waals surface area contributed by atoms with E-state index in [1.54, 1.807) is 0 Å². The molecular formula is C75H114O6. The van der Waals surface area contributed by atoms with Gasteiger partial charge in [-0.3, -0.25) is 14.4 Å². The van der Waals surface area contributed by atoms with Crippen molar-refractivity contribution in [2.75, 3.05) is 13.2 Å². The molecule has 0 amide bonds. The van der Waals surface area contributed by atoms with E-state index in [9.17, 15) is 14.4 Å². The Morgan fingerprint density at radius 1 is 0.247 bits per heavy atom. The van der Waals surface area contributed by atoms with Crippen molar-refractivity contribution in [1.82, 2.24) is 0 Å². The molecule has 1 atom stereocenters. The van der Waals surface area contributed by atoms with Crippen LogP contribution in [0.15, 0.2) is 194 Å². The van der Waals surface area contributed by atoms with Crippen LogP contribution in [0.2, 0.25) is 0 Å². The number of carbonyl (C=O) groups is 3. The SMILES string of the molecule is CC/C=C\C/C=C\C/C=C\C/C=C\C/C=C\C/C=C\C/C=C\C/C=C\CCCCC(=O)OCC(COC(=O)CC/C=C\C/C=C\C/C=C\C/C=C\CC)OC(=O)CCCCCCCCCCCC/C=C\C/C=C\C/C=C\C/C=C\CC. The minimum absolute atomic E-state index is 0.135. The van der Waals surface area contributed by atoms with Gasteiger partial charge < -0.3 is 14.2 Å². The van der Waals surface area contributed by atoms with E-state index in [2.05, 4.69) is 203 Å². The van der Waals surface area contributed by atoms with Gasteiger partial charge in [0.05, 0.1) is 0 Å². The summed E-state index contributed by atoms with van der Waals surface area (Å²) in [5.41, 5.74) is 0. The van der Waals surface area contributed by atoms with Crippen LogP contribution in [0.1, 0.15) is 239 Å². The highest BCUT2D eigenvalue weighted by Gasteiger charge is 2.19. The Kier molecular flexibility index (Phi) is 62.0. The Labute approximate surface area is 497 Å². The Morgan fingerprint density at radius 3 is 0.790 bits per heavy atom. The highest BCUT2D eigenvalue weighted by Crippen LogP contribution is 2.14. The van der Waals surface area contributed by atoms with E-state index in [0.29, 0.717) is 12.8 Å². The van der Waals surface area contributed by atoms with Gasteiger partial charge in [-0.1, -0.05) is 267 Å². The Bertz CT molecular complexity index is 1950. The van der Waals surface area contributed by atoms with Crippen molar-refractivity contribution < 1.29 is 28.6 Å². The molecule has 0 saturated carbocycles. The molecular weight excluding hydrogens is 997 g/mol. The fourth-order valence-electron chi connectivity index (χ4n) is 7.93. The average molecular weight is 1110 g/mol. The molecule has 0 heterocycles. The number of unbranched alkanes of at least 4 members (excludes halogenated alkanes) is 12. The first-order valence-corrected chi connectivity index (χ1v) is 31.9. The number of ether oxygens (including phenoxy) is 3. The lowest BCUT2D eigenvalue weighted by molar-refractivity contribution is -0.166. The fraction of sp³-hybridized carbons (Fsp3) is 0.533. The topological polar surface area (TPSA) is 78.9 Å². The van der Waals surface area contributed by atoms with Crippen molar-refractivity contribution in [2.24, 2.45) is 0 Å². The van der Waals surface area contributed by atoms with Gasteiger partial charge in [-0.15, -0.1) is 0 Å². The fourth-order valence-corrected chi connectivity index (χ4v) is 7.93. The van der Waals surface area contributed by atoms with Gasteiger partial charge in [0.25, 0.3) is 0 Å². The number of carbonyl (C=O) groups excluding carboxylic acids is 3. The average Bonchev–Trinajstić information content (AvgIpc) is 3.46. The molecule has 450 valence electrons. The quantitative estimate of drug-likeness (QED) is 0.0261. The molecule has 0 aliphatic rings. The molecule has 0 aromatic carbocycles.